The van der Waals surface area contributed by atoms with Gasteiger partial charge < -0.3 is 43.5 Å². The Bertz CT molecular complexity index is 1980. The van der Waals surface area contributed by atoms with Crippen LogP contribution in [0.4, 0.5) is 4.79 Å². The summed E-state index contributed by atoms with van der Waals surface area (Å²) in [4.78, 5) is 107. The van der Waals surface area contributed by atoms with E-state index >= 15 is 0 Å². The van der Waals surface area contributed by atoms with Gasteiger partial charge in [-0.1, -0.05) is 12.1 Å². The van der Waals surface area contributed by atoms with Crippen LogP contribution in [0, 0.1) is 0 Å². The van der Waals surface area contributed by atoms with E-state index in [-0.39, 0.29) is 24.3 Å². The Labute approximate surface area is 324 Å². The number of amides is 3. The van der Waals surface area contributed by atoms with Gasteiger partial charge in [0.25, 0.3) is 0 Å². The number of aliphatic imine (C=N–C) groups is 1. The minimum Gasteiger partial charge on any atom is -0.469 e. The lowest BCUT2D eigenvalue weighted by atomic mass is 9.95. The summed E-state index contributed by atoms with van der Waals surface area (Å²) < 4.78 is 52.0. The van der Waals surface area contributed by atoms with Crippen molar-refractivity contribution in [2.24, 2.45) is 4.99 Å². The lowest BCUT2D eigenvalue weighted by Gasteiger charge is -2.44. The number of esters is 4. The lowest BCUT2D eigenvalue weighted by Crippen LogP contribution is -2.71. The summed E-state index contributed by atoms with van der Waals surface area (Å²) in [5.74, 6) is -4.78. The van der Waals surface area contributed by atoms with E-state index < -0.39 is 116 Å². The Kier molecular flexibility index (Phi) is 11.8. The van der Waals surface area contributed by atoms with Gasteiger partial charge in [0.1, 0.15) is 34.6 Å². The molecule has 0 aromatic heterocycles. The highest BCUT2D eigenvalue weighted by Gasteiger charge is 2.68. The number of thioether (sulfide) groups is 1. The molecule has 6 atom stereocenters. The number of carbonyl (C=O) groups is 8. The SMILES string of the molecule is COC(=O)CC(C)=NC(C(=O)N[C@@H]1C(=O)N2[C@@H]1SC(C)(C)[C@@H]2C(=O)OCOC(=O)OCOC(=O)[C@@H]1N2C(=O)C[C@H]2S(=O)(=O)C1(C)C)c1ccc(OC(C)=O)cc1. The van der Waals surface area contributed by atoms with Crippen molar-refractivity contribution < 1.29 is 75.2 Å². The highest BCUT2D eigenvalue weighted by Crippen LogP contribution is 2.51. The quantitative estimate of drug-likeness (QED) is 0.0710. The molecule has 0 spiro atoms. The number of hydrogen-bond donors (Lipinski definition) is 1. The van der Waals surface area contributed by atoms with E-state index in [1.165, 1.54) is 75.7 Å². The van der Waals surface area contributed by atoms with Gasteiger partial charge in [-0.3, -0.25) is 29.0 Å². The van der Waals surface area contributed by atoms with E-state index in [0.717, 1.165) is 4.90 Å². The number of ether oxygens (including phenoxy) is 6. The van der Waals surface area contributed by atoms with Crippen LogP contribution < -0.4 is 10.1 Å². The van der Waals surface area contributed by atoms with Crippen LogP contribution in [0.25, 0.3) is 0 Å². The molecule has 4 heterocycles. The summed E-state index contributed by atoms with van der Waals surface area (Å²) in [7, 11) is -2.65. The third kappa shape index (κ3) is 7.88. The number of sulfone groups is 1. The smallest absolute Gasteiger partial charge is 0.469 e. The van der Waals surface area contributed by atoms with E-state index in [4.69, 9.17) is 18.9 Å². The second-order valence-corrected chi connectivity index (χ2v) is 18.6. The zero-order chi connectivity index (χ0) is 41.5. The molecule has 22 heteroatoms. The van der Waals surface area contributed by atoms with Gasteiger partial charge in [0, 0.05) is 17.4 Å². The first kappa shape index (κ1) is 41.9. The van der Waals surface area contributed by atoms with Crippen molar-refractivity contribution in [3.8, 4) is 5.75 Å². The third-order valence-corrected chi connectivity index (χ3v) is 14.0. The molecule has 4 aliphatic heterocycles. The summed E-state index contributed by atoms with van der Waals surface area (Å²) in [6.45, 7) is 6.76. The summed E-state index contributed by atoms with van der Waals surface area (Å²) in [6, 6.07) is 1.02. The minimum absolute atomic E-state index is 0.206. The third-order valence-electron chi connectivity index (χ3n) is 9.60. The van der Waals surface area contributed by atoms with E-state index in [1.54, 1.807) is 13.8 Å². The topological polar surface area (TPSA) is 257 Å². The number of carbonyl (C=O) groups excluding carboxylic acids is 8. The maximum Gasteiger partial charge on any atom is 0.514 e. The second kappa shape index (κ2) is 15.7. The van der Waals surface area contributed by atoms with Crippen molar-refractivity contribution in [3.05, 3.63) is 29.8 Å². The number of β-lactam (4-membered cyclic amide) rings is 2. The number of benzene rings is 1. The van der Waals surface area contributed by atoms with Crippen LogP contribution in [-0.4, -0.2) is 131 Å². The van der Waals surface area contributed by atoms with Crippen LogP contribution in [0.3, 0.4) is 0 Å². The van der Waals surface area contributed by atoms with Crippen LogP contribution in [0.15, 0.2) is 29.3 Å². The molecule has 4 aliphatic rings. The standard InChI is InChI=1S/C34H40N4O16S2/c1-16(12-22(41)49-7)35-23(18-8-10-19(11-9-18)54-17(2)39)27(42)36-24-28(43)38-25(33(3,4)55-29(24)38)30(44)50-14-52-32(46)53-15-51-31(45)26-34(5,6)56(47,48)21-13-20(40)37(21)26/h8-11,21,23-26,29H,12-15H2,1-7H3,(H,36,42)/t21-,23?,24-,25+,26+,29-/m1/s1. The normalized spacial score (nSPS) is 25.6. The van der Waals surface area contributed by atoms with Gasteiger partial charge in [-0.15, -0.1) is 11.8 Å². The molecular formula is C34H40N4O16S2. The Balaban J connectivity index is 1.14. The van der Waals surface area contributed by atoms with Gasteiger partial charge >= 0.3 is 30.0 Å². The highest BCUT2D eigenvalue weighted by atomic mass is 32.2. The van der Waals surface area contributed by atoms with Crippen LogP contribution >= 0.6 is 11.8 Å². The molecule has 5 rings (SSSR count). The van der Waals surface area contributed by atoms with Crippen molar-refractivity contribution in [2.45, 2.75) is 98.8 Å². The van der Waals surface area contributed by atoms with E-state index in [1.807, 2.05) is 0 Å². The summed E-state index contributed by atoms with van der Waals surface area (Å²) in [6.07, 6.45) is -1.86. The predicted molar refractivity (Wildman–Crippen MR) is 190 cm³/mol. The van der Waals surface area contributed by atoms with Crippen LogP contribution in [0.2, 0.25) is 0 Å². The molecule has 3 amide bonds. The van der Waals surface area contributed by atoms with Gasteiger partial charge in [0.05, 0.1) is 24.7 Å². The molecule has 1 N–H and O–H groups in total. The minimum atomic E-state index is -3.86. The first-order valence-corrected chi connectivity index (χ1v) is 19.4. The summed E-state index contributed by atoms with van der Waals surface area (Å²) in [5, 5.41) is 0.857. The van der Waals surface area contributed by atoms with Crippen molar-refractivity contribution in [1.82, 2.24) is 15.1 Å². The fraction of sp³-hybridized carbons (Fsp3) is 0.559. The fourth-order valence-corrected chi connectivity index (χ4v) is 10.5. The van der Waals surface area contributed by atoms with Crippen LogP contribution in [0.5, 0.6) is 5.75 Å². The molecular weight excluding hydrogens is 785 g/mol. The Morgan fingerprint density at radius 3 is 2.05 bits per heavy atom. The highest BCUT2D eigenvalue weighted by molar-refractivity contribution is 8.01. The van der Waals surface area contributed by atoms with E-state index in [0.29, 0.717) is 5.56 Å². The molecule has 4 fully saturated rings. The first-order valence-electron chi connectivity index (χ1n) is 17.0. The molecule has 304 valence electrons. The van der Waals surface area contributed by atoms with Crippen molar-refractivity contribution in [3.63, 3.8) is 0 Å². The first-order chi connectivity index (χ1) is 26.1. The molecule has 20 nitrogen and oxygen atoms in total. The van der Waals surface area contributed by atoms with Gasteiger partial charge in [-0.05, 0) is 52.3 Å². The largest absolute Gasteiger partial charge is 0.514 e. The Hall–Kier alpha value is -5.25. The number of hydrogen-bond acceptors (Lipinski definition) is 18. The molecule has 0 saturated carbocycles. The van der Waals surface area contributed by atoms with Crippen LogP contribution in [0.1, 0.15) is 66.0 Å². The predicted octanol–water partition coefficient (Wildman–Crippen LogP) is 0.513. The molecule has 0 aliphatic carbocycles. The molecule has 0 bridgehead atoms. The number of rotatable bonds is 13. The number of nitrogens with one attached hydrogen (secondary N) is 1. The molecule has 1 aromatic rings. The average molecular weight is 825 g/mol. The van der Waals surface area contributed by atoms with E-state index in [9.17, 15) is 46.8 Å². The Morgan fingerprint density at radius 1 is 0.911 bits per heavy atom. The number of nitrogens with zero attached hydrogens (tertiary/aromatic N) is 3. The van der Waals surface area contributed by atoms with Gasteiger partial charge in [-0.25, -0.2) is 22.8 Å². The maximum absolute atomic E-state index is 13.7. The maximum atomic E-state index is 13.7. The number of fused-ring (bicyclic) bond motifs is 2. The fourth-order valence-electron chi connectivity index (χ4n) is 6.75. The van der Waals surface area contributed by atoms with Gasteiger partial charge in [0.2, 0.25) is 31.3 Å². The Morgan fingerprint density at radius 2 is 1.50 bits per heavy atom. The van der Waals surface area contributed by atoms with Crippen molar-refractivity contribution in [2.75, 3.05) is 20.7 Å². The van der Waals surface area contributed by atoms with Gasteiger partial charge in [0.15, 0.2) is 15.9 Å². The molecule has 0 radical (unpaired) electrons. The zero-order valence-corrected chi connectivity index (χ0v) is 32.9. The number of methoxy groups -OCH3 is 1. The van der Waals surface area contributed by atoms with Crippen LogP contribution in [-0.2, 0) is 67.1 Å². The van der Waals surface area contributed by atoms with Crippen molar-refractivity contribution >= 4 is 75.1 Å². The van der Waals surface area contributed by atoms with Crippen molar-refractivity contribution in [1.29, 1.82) is 0 Å². The second-order valence-electron chi connectivity index (χ2n) is 14.1. The molecule has 1 aromatic carbocycles. The average Bonchev–Trinajstić information content (AvgIpc) is 3.44. The molecule has 56 heavy (non-hydrogen) atoms. The monoisotopic (exact) mass is 824 g/mol. The molecule has 1 unspecified atom stereocenters. The van der Waals surface area contributed by atoms with Gasteiger partial charge in [-0.2, -0.15) is 0 Å². The molecule has 4 saturated heterocycles. The van der Waals surface area contributed by atoms with E-state index in [2.05, 4.69) is 19.8 Å². The zero-order valence-electron chi connectivity index (χ0n) is 31.3. The summed E-state index contributed by atoms with van der Waals surface area (Å²) >= 11 is 1.22. The summed E-state index contributed by atoms with van der Waals surface area (Å²) in [5.41, 5.74) is 0.625. The lowest BCUT2D eigenvalue weighted by molar-refractivity contribution is -0.173.